The van der Waals surface area contributed by atoms with E-state index in [1.165, 1.54) is 12.1 Å². The van der Waals surface area contributed by atoms with E-state index in [2.05, 4.69) is 4.65 Å². The second-order valence-electron chi connectivity index (χ2n) is 13.2. The minimum absolute atomic E-state index is 0.191. The van der Waals surface area contributed by atoms with Gasteiger partial charge in [0.2, 0.25) is 0 Å². The van der Waals surface area contributed by atoms with E-state index in [-0.39, 0.29) is 11.3 Å². The minimum Gasteiger partial charge on any atom is -0.673 e. The van der Waals surface area contributed by atoms with Crippen molar-refractivity contribution < 1.29 is 53.3 Å². The van der Waals surface area contributed by atoms with E-state index in [1.54, 1.807) is 32.0 Å². The summed E-state index contributed by atoms with van der Waals surface area (Å²) >= 11 is 0. The fourth-order valence-corrected chi connectivity index (χ4v) is 9.85. The molecule has 0 bridgehead atoms. The van der Waals surface area contributed by atoms with Crippen molar-refractivity contribution in [3.8, 4) is 11.5 Å². The Balaban J connectivity index is 1.61. The molecule has 0 saturated carbocycles. The molecule has 0 spiro atoms. The van der Waals surface area contributed by atoms with Gasteiger partial charge in [0.05, 0.1) is 7.11 Å². The average molecular weight is 770 g/mol. The number of hydrogen-bond donors (Lipinski definition) is 0. The fraction of sp³-hybridized carbons (Fsp3) is 0.100. The highest BCUT2D eigenvalue weighted by atomic mass is 31.1. The lowest BCUT2D eigenvalue weighted by Crippen LogP contribution is -2.75. The van der Waals surface area contributed by atoms with Gasteiger partial charge in [-0.1, -0.05) is 116 Å². The number of para-hydroxylation sites is 2. The third-order valence-electron chi connectivity index (χ3n) is 10.0. The molecule has 0 fully saturated rings. The fourth-order valence-electron chi connectivity index (χ4n) is 7.45. The predicted octanol–water partition coefficient (Wildman–Crippen LogP) is 7.39. The van der Waals surface area contributed by atoms with Crippen molar-refractivity contribution in [2.45, 2.75) is 19.3 Å². The molecule has 1 aliphatic heterocycles. The van der Waals surface area contributed by atoms with Crippen LogP contribution in [-0.2, 0) is 5.41 Å². The van der Waals surface area contributed by atoms with E-state index >= 15 is 35.1 Å². The Bertz CT molecular complexity index is 2300. The van der Waals surface area contributed by atoms with Crippen LogP contribution in [-0.4, -0.2) is 18.1 Å². The molecule has 0 aromatic heterocycles. The van der Waals surface area contributed by atoms with Crippen LogP contribution in [0, 0.1) is 58.2 Å². The molecule has 2 nitrogen and oxygen atoms in total. The number of halogens is 10. The molecule has 6 aromatic carbocycles. The highest BCUT2D eigenvalue weighted by molar-refractivity contribution is 7.80. The molecule has 0 unspecified atom stereocenters. The average Bonchev–Trinajstić information content (AvgIpc) is 3.18. The van der Waals surface area contributed by atoms with Crippen molar-refractivity contribution in [2.24, 2.45) is 0 Å². The third kappa shape index (κ3) is 5.34. The van der Waals surface area contributed by atoms with E-state index in [4.69, 9.17) is 4.74 Å². The zero-order chi connectivity index (χ0) is 38.9. The van der Waals surface area contributed by atoms with Crippen LogP contribution in [0.3, 0.4) is 0 Å². The molecule has 6 aromatic rings. The van der Waals surface area contributed by atoms with Crippen LogP contribution in [0.2, 0.25) is 0 Å². The van der Waals surface area contributed by atoms with E-state index < -0.39 is 100.0 Å². The van der Waals surface area contributed by atoms with E-state index in [1.807, 2.05) is 60.7 Å². The number of fused-ring (bicyclic) bond motifs is 2. The van der Waals surface area contributed by atoms with Crippen molar-refractivity contribution in [3.05, 3.63) is 166 Å². The summed E-state index contributed by atoms with van der Waals surface area (Å²) in [5.41, 5.74) is -4.91. The number of ether oxygens (including phenoxy) is 1. The number of hydrogen-bond acceptors (Lipinski definition) is 1. The molecule has 54 heavy (non-hydrogen) atoms. The molecule has 14 heteroatoms. The van der Waals surface area contributed by atoms with Crippen molar-refractivity contribution in [3.63, 3.8) is 0 Å². The summed E-state index contributed by atoms with van der Waals surface area (Å²) in [5.74, 6) is -25.9. The topological polar surface area (TPSA) is 22.0 Å². The van der Waals surface area contributed by atoms with E-state index in [0.717, 1.165) is 16.7 Å². The summed E-state index contributed by atoms with van der Waals surface area (Å²) in [7, 11) is -0.715. The van der Waals surface area contributed by atoms with Gasteiger partial charge in [-0.25, -0.2) is 43.9 Å². The number of benzene rings is 6. The van der Waals surface area contributed by atoms with Gasteiger partial charge in [0.15, 0.2) is 34.9 Å². The monoisotopic (exact) mass is 770 g/mol. The molecule has 1 heterocycles. The number of rotatable bonds is 7. The summed E-state index contributed by atoms with van der Waals surface area (Å²) in [4.78, 5) is 0. The van der Waals surface area contributed by atoms with Crippen LogP contribution in [0.25, 0.3) is 0 Å². The molecule has 1 N–H and O–H groups in total. The molecule has 0 atom stereocenters. The Morgan fingerprint density at radius 2 is 0.870 bits per heavy atom. The van der Waals surface area contributed by atoms with Gasteiger partial charge in [-0.3, -0.25) is 0 Å². The first-order valence-electron chi connectivity index (χ1n) is 16.3. The Kier molecular flexibility index (Phi) is 9.38. The third-order valence-corrected chi connectivity index (χ3v) is 12.5. The molecule has 276 valence electrons. The zero-order valence-corrected chi connectivity index (χ0v) is 29.3. The summed E-state index contributed by atoms with van der Waals surface area (Å²) in [6, 6.07) is 27.7. The van der Waals surface area contributed by atoms with Gasteiger partial charge in [-0.2, -0.15) is 0 Å². The van der Waals surface area contributed by atoms with Gasteiger partial charge in [0, 0.05) is 21.8 Å². The van der Waals surface area contributed by atoms with Gasteiger partial charge >= 0.3 is 6.35 Å². The van der Waals surface area contributed by atoms with Gasteiger partial charge in [0.1, 0.15) is 34.8 Å². The maximum atomic E-state index is 16.1. The Labute approximate surface area is 303 Å². The lowest BCUT2D eigenvalue weighted by Gasteiger charge is -2.42. The maximum absolute atomic E-state index is 16.1. The van der Waals surface area contributed by atoms with E-state index in [9.17, 15) is 8.78 Å². The first kappa shape index (κ1) is 37.2. The Morgan fingerprint density at radius 3 is 1.30 bits per heavy atom. The normalized spacial score (nSPS) is 13.4. The van der Waals surface area contributed by atoms with Gasteiger partial charge < -0.3 is 9.39 Å². The molecular weight excluding hydrogens is 744 g/mol. The molecule has 0 amide bonds. The molecule has 1 aliphatic rings. The van der Waals surface area contributed by atoms with Gasteiger partial charge in [0.25, 0.3) is 0 Å². The van der Waals surface area contributed by atoms with Crippen LogP contribution in [0.4, 0.5) is 43.9 Å². The first-order chi connectivity index (χ1) is 25.7. The van der Waals surface area contributed by atoms with Crippen molar-refractivity contribution in [1.29, 1.82) is 0 Å². The first-order valence-corrected chi connectivity index (χ1v) is 17.7. The lowest BCUT2D eigenvalue weighted by atomic mass is 9.27. The molecule has 0 aliphatic carbocycles. The maximum Gasteiger partial charge on any atom is 0.391 e. The van der Waals surface area contributed by atoms with Crippen LogP contribution in [0.5, 0.6) is 11.5 Å². The number of aliphatic hydroxyl groups is 1. The van der Waals surface area contributed by atoms with Crippen molar-refractivity contribution in [2.75, 3.05) is 7.11 Å². The lowest BCUT2D eigenvalue weighted by molar-refractivity contribution is 0.211. The molecule has 7 rings (SSSR count). The highest BCUT2D eigenvalue weighted by Gasteiger charge is 2.54. The van der Waals surface area contributed by atoms with Crippen LogP contribution < -0.4 is 37.0 Å². The van der Waals surface area contributed by atoms with Crippen LogP contribution >= 0.6 is 7.92 Å². The van der Waals surface area contributed by atoms with Crippen LogP contribution in [0.1, 0.15) is 25.0 Å². The summed E-state index contributed by atoms with van der Waals surface area (Å²) in [6.45, 7) is 3.48. The Morgan fingerprint density at radius 1 is 0.481 bits per heavy atom. The summed E-state index contributed by atoms with van der Waals surface area (Å²) in [6.07, 6.45) is -4.69. The van der Waals surface area contributed by atoms with E-state index in [0.29, 0.717) is 18.0 Å². The largest absolute Gasteiger partial charge is 0.673 e. The standard InChI is InChI=1S/C40H26BF10O2P/c1-40(2)22-16-10-18-24(38(22)53-39-23(40)17-11-19-25(39)54(20-12-6-4-7-13-20)21-14-8-5-9-15-21)41(52-3,26-28(42)32(46)36(50)33(47)29(26)43)27-30(44)34(48)37(51)35(49)31(27)45/h4-19,52H,1-3H3. The van der Waals surface area contributed by atoms with Crippen LogP contribution in [0.15, 0.2) is 97.1 Å². The minimum atomic E-state index is -4.69. The van der Waals surface area contributed by atoms with Gasteiger partial charge in [-0.15, -0.1) is 0 Å². The summed E-state index contributed by atoms with van der Waals surface area (Å²) < 4.78 is 164. The molecule has 0 saturated heterocycles. The smallest absolute Gasteiger partial charge is 0.391 e. The predicted molar refractivity (Wildman–Crippen MR) is 189 cm³/mol. The zero-order valence-electron chi connectivity index (χ0n) is 28.4. The quantitative estimate of drug-likeness (QED) is 0.0415. The second-order valence-corrected chi connectivity index (χ2v) is 15.3. The summed E-state index contributed by atoms with van der Waals surface area (Å²) in [5, 5.41) is 2.35. The van der Waals surface area contributed by atoms with Gasteiger partial charge in [-0.05, 0) is 29.5 Å². The molecule has 0 radical (unpaired) electrons. The SMILES string of the molecule is C[OH+][B-](c1cccc2c1Oc1c(P(c3ccccc3)c3ccccc3)cccc1C2(C)C)(c1c(F)c(F)c(F)c(F)c1F)c1c(F)c(F)c(F)c(F)c1F. The Hall–Kier alpha value is -5.13. The van der Waals surface area contributed by atoms with Crippen molar-refractivity contribution >= 4 is 46.6 Å². The highest BCUT2D eigenvalue weighted by Crippen LogP contribution is 2.50. The second kappa shape index (κ2) is 13.6. The van der Waals surface area contributed by atoms with Crippen molar-refractivity contribution in [1.82, 2.24) is 0 Å². The molecular formula is C40H26BF10O2P.